The Morgan fingerprint density at radius 1 is 1.07 bits per heavy atom. The van der Waals surface area contributed by atoms with Gasteiger partial charge in [-0.3, -0.25) is 9.69 Å². The molecule has 1 fully saturated rings. The number of halogens is 2. The Morgan fingerprint density at radius 3 is 2.36 bits per heavy atom. The van der Waals surface area contributed by atoms with Gasteiger partial charge in [-0.2, -0.15) is 0 Å². The number of carbonyl (C=O) groups is 1. The first kappa shape index (κ1) is 21.0. The number of nitrogens with one attached hydrogen (secondary N) is 1. The number of hydrogen-bond donors (Lipinski definition) is 1. The normalized spacial score (nSPS) is 15.4. The summed E-state index contributed by atoms with van der Waals surface area (Å²) in [6.45, 7) is 3.93. The molecule has 1 aliphatic rings. The molecule has 1 heterocycles. The molecule has 0 radical (unpaired) electrons. The number of nitrogens with zero attached hydrogens (tertiary/aromatic N) is 2. The zero-order chi connectivity index (χ0) is 19.9. The van der Waals surface area contributed by atoms with Crippen LogP contribution in [0.3, 0.4) is 0 Å². The summed E-state index contributed by atoms with van der Waals surface area (Å²) in [5, 5.41) is 4.50. The van der Waals surface area contributed by atoms with E-state index in [0.29, 0.717) is 16.6 Å². The number of benzene rings is 2. The Hall–Kier alpha value is -1.75. The van der Waals surface area contributed by atoms with E-state index in [1.54, 1.807) is 0 Å². The predicted molar refractivity (Wildman–Crippen MR) is 117 cm³/mol. The summed E-state index contributed by atoms with van der Waals surface area (Å²) in [5.74, 6) is 0.247. The average Bonchev–Trinajstić information content (AvgIpc) is 2.72. The van der Waals surface area contributed by atoms with E-state index in [1.165, 1.54) is 0 Å². The molecule has 1 aliphatic heterocycles. The van der Waals surface area contributed by atoms with Crippen molar-refractivity contribution in [1.82, 2.24) is 10.2 Å². The van der Waals surface area contributed by atoms with Gasteiger partial charge < -0.3 is 10.2 Å². The standard InChI is InChI=1S/C22H27Cl2N3O/c1-26(18-6-3-2-4-7-18)15-12-25-22(28)17-10-13-27(14-11-17)16-19-20(23)8-5-9-21(19)24/h2-9,17H,10-16H2,1H3,(H,25,28). The van der Waals surface area contributed by atoms with E-state index < -0.39 is 0 Å². The minimum absolute atomic E-state index is 0.0833. The molecule has 6 heteroatoms. The van der Waals surface area contributed by atoms with E-state index in [4.69, 9.17) is 23.2 Å². The van der Waals surface area contributed by atoms with Gasteiger partial charge in [0.05, 0.1) is 0 Å². The molecule has 150 valence electrons. The highest BCUT2D eigenvalue weighted by molar-refractivity contribution is 6.35. The van der Waals surface area contributed by atoms with Crippen LogP contribution in [0.25, 0.3) is 0 Å². The summed E-state index contributed by atoms with van der Waals surface area (Å²) < 4.78 is 0. The van der Waals surface area contributed by atoms with E-state index in [2.05, 4.69) is 27.2 Å². The highest BCUT2D eigenvalue weighted by Gasteiger charge is 2.25. The van der Waals surface area contributed by atoms with Crippen LogP contribution in [0.1, 0.15) is 18.4 Å². The molecule has 2 aromatic carbocycles. The lowest BCUT2D eigenvalue weighted by Crippen LogP contribution is -2.42. The Labute approximate surface area is 177 Å². The van der Waals surface area contributed by atoms with Crippen LogP contribution in [0.15, 0.2) is 48.5 Å². The molecular weight excluding hydrogens is 393 g/mol. The quantitative estimate of drug-likeness (QED) is 0.719. The van der Waals surface area contributed by atoms with Crippen LogP contribution in [-0.2, 0) is 11.3 Å². The summed E-state index contributed by atoms with van der Waals surface area (Å²) in [6, 6.07) is 15.8. The highest BCUT2D eigenvalue weighted by Crippen LogP contribution is 2.27. The smallest absolute Gasteiger partial charge is 0.223 e. The maximum absolute atomic E-state index is 12.5. The number of hydrogen-bond acceptors (Lipinski definition) is 3. The highest BCUT2D eigenvalue weighted by atomic mass is 35.5. The number of carbonyl (C=O) groups excluding carboxylic acids is 1. The number of para-hydroxylation sites is 1. The molecule has 0 aliphatic carbocycles. The summed E-state index contributed by atoms with van der Waals surface area (Å²) >= 11 is 12.6. The van der Waals surface area contributed by atoms with Gasteiger partial charge in [0.1, 0.15) is 0 Å². The number of amides is 1. The van der Waals surface area contributed by atoms with Gasteiger partial charge in [0.2, 0.25) is 5.91 Å². The van der Waals surface area contributed by atoms with Crippen molar-refractivity contribution in [2.75, 3.05) is 38.1 Å². The van der Waals surface area contributed by atoms with Crippen molar-refractivity contribution >= 4 is 34.8 Å². The average molecular weight is 420 g/mol. The molecule has 2 aromatic rings. The van der Waals surface area contributed by atoms with E-state index in [-0.39, 0.29) is 11.8 Å². The maximum atomic E-state index is 12.5. The molecule has 1 amide bonds. The zero-order valence-corrected chi connectivity index (χ0v) is 17.7. The number of likely N-dealkylation sites (tertiary alicyclic amines) is 1. The fraction of sp³-hybridized carbons (Fsp3) is 0.409. The van der Waals surface area contributed by atoms with Gasteiger partial charge >= 0.3 is 0 Å². The molecule has 4 nitrogen and oxygen atoms in total. The lowest BCUT2D eigenvalue weighted by molar-refractivity contribution is -0.126. The molecular formula is C22H27Cl2N3O. The lowest BCUT2D eigenvalue weighted by atomic mass is 9.95. The molecule has 0 bridgehead atoms. The van der Waals surface area contributed by atoms with E-state index in [0.717, 1.165) is 50.3 Å². The van der Waals surface area contributed by atoms with Crippen molar-refractivity contribution in [2.45, 2.75) is 19.4 Å². The Balaban J connectivity index is 1.40. The number of rotatable bonds is 7. The first-order valence-electron chi connectivity index (χ1n) is 9.73. The summed E-state index contributed by atoms with van der Waals surface area (Å²) in [7, 11) is 2.04. The summed E-state index contributed by atoms with van der Waals surface area (Å²) in [4.78, 5) is 17.0. The molecule has 1 N–H and O–H groups in total. The van der Waals surface area contributed by atoms with Gasteiger partial charge in [-0.25, -0.2) is 0 Å². The van der Waals surface area contributed by atoms with Crippen molar-refractivity contribution < 1.29 is 4.79 Å². The Morgan fingerprint density at radius 2 is 1.71 bits per heavy atom. The zero-order valence-electron chi connectivity index (χ0n) is 16.2. The van der Waals surface area contributed by atoms with Gasteiger partial charge in [-0.15, -0.1) is 0 Å². The molecule has 3 rings (SSSR count). The Bertz CT molecular complexity index is 756. The fourth-order valence-electron chi connectivity index (χ4n) is 3.56. The monoisotopic (exact) mass is 419 g/mol. The minimum atomic E-state index is 0.0833. The van der Waals surface area contributed by atoms with Crippen molar-refractivity contribution in [3.8, 4) is 0 Å². The van der Waals surface area contributed by atoms with Crippen LogP contribution in [0, 0.1) is 5.92 Å². The van der Waals surface area contributed by atoms with Crippen LogP contribution < -0.4 is 10.2 Å². The second-order valence-corrected chi connectivity index (χ2v) is 8.11. The molecule has 0 aromatic heterocycles. The van der Waals surface area contributed by atoms with Gasteiger partial charge in [-0.1, -0.05) is 47.5 Å². The van der Waals surface area contributed by atoms with Gasteiger partial charge in [0, 0.05) is 53.9 Å². The number of anilines is 1. The number of likely N-dealkylation sites (N-methyl/N-ethyl adjacent to an activating group) is 1. The third-order valence-electron chi connectivity index (χ3n) is 5.35. The molecule has 0 saturated carbocycles. The Kier molecular flexibility index (Phi) is 7.60. The first-order chi connectivity index (χ1) is 13.5. The van der Waals surface area contributed by atoms with Crippen molar-refractivity contribution in [2.24, 2.45) is 5.92 Å². The van der Waals surface area contributed by atoms with Crippen molar-refractivity contribution in [1.29, 1.82) is 0 Å². The molecule has 28 heavy (non-hydrogen) atoms. The van der Waals surface area contributed by atoms with Crippen LogP contribution in [0.4, 0.5) is 5.69 Å². The third kappa shape index (κ3) is 5.63. The fourth-order valence-corrected chi connectivity index (χ4v) is 4.08. The molecule has 0 spiro atoms. The number of piperidine rings is 1. The van der Waals surface area contributed by atoms with Gasteiger partial charge in [0.25, 0.3) is 0 Å². The summed E-state index contributed by atoms with van der Waals surface area (Å²) in [5.41, 5.74) is 2.13. The maximum Gasteiger partial charge on any atom is 0.223 e. The van der Waals surface area contributed by atoms with Crippen LogP contribution in [0.2, 0.25) is 10.0 Å². The lowest BCUT2D eigenvalue weighted by Gasteiger charge is -2.31. The minimum Gasteiger partial charge on any atom is -0.373 e. The van der Waals surface area contributed by atoms with Crippen molar-refractivity contribution in [3.63, 3.8) is 0 Å². The van der Waals surface area contributed by atoms with E-state index in [9.17, 15) is 4.79 Å². The largest absolute Gasteiger partial charge is 0.373 e. The SMILES string of the molecule is CN(CCNC(=O)C1CCN(Cc2c(Cl)cccc2Cl)CC1)c1ccccc1. The van der Waals surface area contributed by atoms with E-state index >= 15 is 0 Å². The van der Waals surface area contributed by atoms with Crippen LogP contribution >= 0.6 is 23.2 Å². The second-order valence-electron chi connectivity index (χ2n) is 7.30. The topological polar surface area (TPSA) is 35.6 Å². The second kappa shape index (κ2) is 10.1. The van der Waals surface area contributed by atoms with Crippen LogP contribution in [-0.4, -0.2) is 44.0 Å². The van der Waals surface area contributed by atoms with E-state index in [1.807, 2.05) is 43.4 Å². The van der Waals surface area contributed by atoms with Gasteiger partial charge in [-0.05, 0) is 50.2 Å². The van der Waals surface area contributed by atoms with Crippen molar-refractivity contribution in [3.05, 3.63) is 64.1 Å². The third-order valence-corrected chi connectivity index (χ3v) is 6.05. The van der Waals surface area contributed by atoms with Crippen LogP contribution in [0.5, 0.6) is 0 Å². The van der Waals surface area contributed by atoms with Gasteiger partial charge in [0.15, 0.2) is 0 Å². The first-order valence-corrected chi connectivity index (χ1v) is 10.5. The predicted octanol–water partition coefficient (Wildman–Crippen LogP) is 4.46. The molecule has 0 atom stereocenters. The summed E-state index contributed by atoms with van der Waals surface area (Å²) in [6.07, 6.45) is 1.73. The molecule has 1 saturated heterocycles. The molecule has 0 unspecified atom stereocenters.